The normalized spacial score (nSPS) is 27.5. The Morgan fingerprint density at radius 1 is 1.41 bits per heavy atom. The standard InChI is InChI=1S/C18H21NO3/c1-2-22-17(21)18-9-8-15(16(18)12-20)11-19(13-18)10-14-6-4-3-5-7-14/h3-7,15H,2,8-11,13H2,1H3. The van der Waals surface area contributed by atoms with E-state index in [4.69, 9.17) is 4.74 Å². The summed E-state index contributed by atoms with van der Waals surface area (Å²) in [6, 6.07) is 10.2. The highest BCUT2D eigenvalue weighted by Gasteiger charge is 2.55. The number of nitrogens with zero attached hydrogens (tertiary/aromatic N) is 1. The van der Waals surface area contributed by atoms with Crippen LogP contribution in [0.3, 0.4) is 0 Å². The van der Waals surface area contributed by atoms with Crippen molar-refractivity contribution in [2.24, 2.45) is 11.3 Å². The smallest absolute Gasteiger partial charge is 0.318 e. The van der Waals surface area contributed by atoms with Gasteiger partial charge in [-0.25, -0.2) is 4.79 Å². The second-order valence-electron chi connectivity index (χ2n) is 6.21. The van der Waals surface area contributed by atoms with Gasteiger partial charge >= 0.3 is 5.97 Å². The molecule has 1 saturated carbocycles. The summed E-state index contributed by atoms with van der Waals surface area (Å²) in [5, 5.41) is 0. The molecule has 3 rings (SSSR count). The molecular formula is C18H21NO3. The minimum atomic E-state index is -0.768. The lowest BCUT2D eigenvalue weighted by Crippen LogP contribution is -2.49. The van der Waals surface area contributed by atoms with Gasteiger partial charge in [-0.1, -0.05) is 30.3 Å². The maximum Gasteiger partial charge on any atom is 0.318 e. The molecule has 1 aromatic carbocycles. The average molecular weight is 299 g/mol. The van der Waals surface area contributed by atoms with Gasteiger partial charge in [0, 0.05) is 31.1 Å². The predicted octanol–water partition coefficient (Wildman–Crippen LogP) is 2.22. The number of rotatable bonds is 4. The Morgan fingerprint density at radius 3 is 2.86 bits per heavy atom. The van der Waals surface area contributed by atoms with Gasteiger partial charge in [-0.3, -0.25) is 9.69 Å². The number of carbonyl (C=O) groups excluding carboxylic acids is 2. The van der Waals surface area contributed by atoms with Gasteiger partial charge in [0.05, 0.1) is 6.61 Å². The third kappa shape index (κ3) is 2.49. The van der Waals surface area contributed by atoms with E-state index in [1.165, 1.54) is 5.56 Å². The number of fused-ring (bicyclic) bond motifs is 2. The van der Waals surface area contributed by atoms with E-state index in [-0.39, 0.29) is 11.9 Å². The van der Waals surface area contributed by atoms with Gasteiger partial charge in [0.1, 0.15) is 11.4 Å². The molecule has 2 bridgehead atoms. The Labute approximate surface area is 130 Å². The van der Waals surface area contributed by atoms with Gasteiger partial charge in [0.2, 0.25) is 0 Å². The first-order chi connectivity index (χ1) is 10.7. The second kappa shape index (κ2) is 6.07. The molecule has 1 aliphatic heterocycles. The summed E-state index contributed by atoms with van der Waals surface area (Å²) >= 11 is 0. The van der Waals surface area contributed by atoms with E-state index >= 15 is 0 Å². The maximum atomic E-state index is 12.5. The number of hydrogen-bond acceptors (Lipinski definition) is 4. The number of ether oxygens (including phenoxy) is 1. The molecule has 1 aliphatic carbocycles. The number of likely N-dealkylation sites (tertiary alicyclic amines) is 1. The van der Waals surface area contributed by atoms with Crippen LogP contribution in [0, 0.1) is 11.3 Å². The summed E-state index contributed by atoms with van der Waals surface area (Å²) in [5.41, 5.74) is 1.09. The number of benzene rings is 1. The Bertz CT molecular complexity index is 606. The molecule has 2 fully saturated rings. The van der Waals surface area contributed by atoms with Crippen LogP contribution in [0.5, 0.6) is 0 Å². The predicted molar refractivity (Wildman–Crippen MR) is 82.7 cm³/mol. The first-order valence-corrected chi connectivity index (χ1v) is 7.88. The average Bonchev–Trinajstić information content (AvgIpc) is 2.76. The van der Waals surface area contributed by atoms with Crippen molar-refractivity contribution in [3.05, 3.63) is 41.5 Å². The Kier molecular flexibility index (Phi) is 4.14. The Hall–Kier alpha value is -1.90. The topological polar surface area (TPSA) is 46.6 Å². The van der Waals surface area contributed by atoms with Crippen molar-refractivity contribution in [1.29, 1.82) is 0 Å². The van der Waals surface area contributed by atoms with Crippen molar-refractivity contribution in [1.82, 2.24) is 4.90 Å². The summed E-state index contributed by atoms with van der Waals surface area (Å²) < 4.78 is 5.27. The van der Waals surface area contributed by atoms with E-state index in [9.17, 15) is 9.59 Å². The van der Waals surface area contributed by atoms with Crippen molar-refractivity contribution in [3.8, 4) is 0 Å². The maximum absolute atomic E-state index is 12.5. The van der Waals surface area contributed by atoms with Crippen LogP contribution in [0.1, 0.15) is 25.3 Å². The zero-order valence-corrected chi connectivity index (χ0v) is 12.9. The molecule has 22 heavy (non-hydrogen) atoms. The van der Waals surface area contributed by atoms with Gasteiger partial charge in [-0.2, -0.15) is 0 Å². The molecule has 2 aliphatic rings. The monoisotopic (exact) mass is 299 g/mol. The molecule has 2 unspecified atom stereocenters. The molecule has 4 nitrogen and oxygen atoms in total. The number of carbonyl (C=O) groups is 1. The van der Waals surface area contributed by atoms with Crippen LogP contribution in [0.2, 0.25) is 0 Å². The van der Waals surface area contributed by atoms with Gasteiger partial charge in [0.25, 0.3) is 0 Å². The highest BCUT2D eigenvalue weighted by atomic mass is 16.5. The van der Waals surface area contributed by atoms with Crippen LogP contribution >= 0.6 is 0 Å². The van der Waals surface area contributed by atoms with Crippen LogP contribution in [-0.2, 0) is 20.9 Å². The van der Waals surface area contributed by atoms with Crippen molar-refractivity contribution in [2.75, 3.05) is 19.7 Å². The summed E-state index contributed by atoms with van der Waals surface area (Å²) in [7, 11) is 0. The van der Waals surface area contributed by atoms with E-state index in [0.717, 1.165) is 19.5 Å². The summed E-state index contributed by atoms with van der Waals surface area (Å²) in [6.07, 6.45) is 1.57. The molecular weight excluding hydrogens is 278 g/mol. The van der Waals surface area contributed by atoms with E-state index in [1.807, 2.05) is 18.2 Å². The third-order valence-corrected chi connectivity index (χ3v) is 4.84. The summed E-state index contributed by atoms with van der Waals surface area (Å²) in [5.74, 6) is 1.95. The van der Waals surface area contributed by atoms with Crippen LogP contribution < -0.4 is 0 Å². The van der Waals surface area contributed by atoms with Gasteiger partial charge < -0.3 is 4.74 Å². The minimum absolute atomic E-state index is 0.138. The molecule has 116 valence electrons. The first-order valence-electron chi connectivity index (χ1n) is 7.88. The molecule has 0 N–H and O–H groups in total. The van der Waals surface area contributed by atoms with E-state index in [1.54, 1.807) is 6.92 Å². The first kappa shape index (κ1) is 15.0. The van der Waals surface area contributed by atoms with Crippen molar-refractivity contribution in [2.45, 2.75) is 26.3 Å². The van der Waals surface area contributed by atoms with Crippen molar-refractivity contribution >= 4 is 11.9 Å². The van der Waals surface area contributed by atoms with E-state index < -0.39 is 5.41 Å². The second-order valence-corrected chi connectivity index (χ2v) is 6.21. The Balaban J connectivity index is 1.84. The fourth-order valence-corrected chi connectivity index (χ4v) is 3.88. The zero-order chi connectivity index (χ0) is 15.6. The quantitative estimate of drug-likeness (QED) is 0.632. The number of piperidine rings is 1. The summed E-state index contributed by atoms with van der Waals surface area (Å²) in [6.45, 7) is 4.32. The SMILES string of the molecule is CCOC(=O)C12CCC(CN(Cc3ccccc3)C1)C2=C=O. The van der Waals surface area contributed by atoms with Crippen LogP contribution in [0.25, 0.3) is 0 Å². The lowest BCUT2D eigenvalue weighted by molar-refractivity contribution is -0.154. The molecule has 1 aromatic rings. The minimum Gasteiger partial charge on any atom is -0.465 e. The fourth-order valence-electron chi connectivity index (χ4n) is 3.88. The molecule has 0 aromatic heterocycles. The largest absolute Gasteiger partial charge is 0.465 e. The van der Waals surface area contributed by atoms with Gasteiger partial charge in [0.15, 0.2) is 0 Å². The molecule has 2 atom stereocenters. The molecule has 4 heteroatoms. The lowest BCUT2D eigenvalue weighted by Gasteiger charge is -2.39. The van der Waals surface area contributed by atoms with Crippen LogP contribution in [0.15, 0.2) is 35.9 Å². The molecule has 1 heterocycles. The third-order valence-electron chi connectivity index (χ3n) is 4.84. The molecule has 1 saturated heterocycles. The van der Waals surface area contributed by atoms with Gasteiger partial charge in [-0.15, -0.1) is 0 Å². The zero-order valence-electron chi connectivity index (χ0n) is 12.9. The van der Waals surface area contributed by atoms with Crippen LogP contribution in [-0.4, -0.2) is 36.5 Å². The highest BCUT2D eigenvalue weighted by molar-refractivity contribution is 5.86. The molecule has 0 spiro atoms. The van der Waals surface area contributed by atoms with Crippen LogP contribution in [0.4, 0.5) is 0 Å². The van der Waals surface area contributed by atoms with Crippen molar-refractivity contribution in [3.63, 3.8) is 0 Å². The number of esters is 1. The van der Waals surface area contributed by atoms with Gasteiger partial charge in [-0.05, 0) is 25.3 Å². The lowest BCUT2D eigenvalue weighted by atomic mass is 9.77. The highest BCUT2D eigenvalue weighted by Crippen LogP contribution is 2.50. The fraction of sp³-hybridized carbons (Fsp3) is 0.500. The summed E-state index contributed by atoms with van der Waals surface area (Å²) in [4.78, 5) is 26.2. The van der Waals surface area contributed by atoms with Crippen molar-refractivity contribution < 1.29 is 14.3 Å². The molecule has 0 radical (unpaired) electrons. The molecule has 0 amide bonds. The Morgan fingerprint density at radius 2 is 2.18 bits per heavy atom. The van der Waals surface area contributed by atoms with E-state index in [0.29, 0.717) is 25.1 Å². The number of hydrogen-bond donors (Lipinski definition) is 0. The van der Waals surface area contributed by atoms with E-state index in [2.05, 4.69) is 23.0 Å².